The second-order valence-corrected chi connectivity index (χ2v) is 5.45. The van der Waals surface area contributed by atoms with E-state index in [1.54, 1.807) is 0 Å². The predicted molar refractivity (Wildman–Crippen MR) is 79.6 cm³/mol. The van der Waals surface area contributed by atoms with Crippen molar-refractivity contribution in [1.82, 2.24) is 4.98 Å². The molecular formula is C15H15BrN2O. The van der Waals surface area contributed by atoms with E-state index < -0.39 is 0 Å². The van der Waals surface area contributed by atoms with Gasteiger partial charge in [-0.25, -0.2) is 4.98 Å². The van der Waals surface area contributed by atoms with Crippen molar-refractivity contribution < 1.29 is 4.74 Å². The minimum atomic E-state index is 0.284. The highest BCUT2D eigenvalue weighted by atomic mass is 79.9. The lowest BCUT2D eigenvalue weighted by Crippen LogP contribution is -2.20. The van der Waals surface area contributed by atoms with Gasteiger partial charge in [-0.05, 0) is 41.1 Å². The van der Waals surface area contributed by atoms with E-state index >= 15 is 0 Å². The van der Waals surface area contributed by atoms with Crippen molar-refractivity contribution in [2.24, 2.45) is 0 Å². The zero-order valence-electron chi connectivity index (χ0n) is 10.7. The van der Waals surface area contributed by atoms with Gasteiger partial charge in [-0.15, -0.1) is 0 Å². The Morgan fingerprint density at radius 2 is 2.11 bits per heavy atom. The Morgan fingerprint density at radius 1 is 1.26 bits per heavy atom. The summed E-state index contributed by atoms with van der Waals surface area (Å²) >= 11 is 3.39. The molecule has 1 atom stereocenters. The molecule has 1 aromatic heterocycles. The summed E-state index contributed by atoms with van der Waals surface area (Å²) < 4.78 is 6.54. The SMILES string of the molecule is Cc1nc(Br)ccc1NC1CCOc2ccccc21. The third kappa shape index (κ3) is 2.59. The Labute approximate surface area is 121 Å². The van der Waals surface area contributed by atoms with E-state index in [1.807, 2.05) is 25.1 Å². The molecule has 0 saturated heterocycles. The summed E-state index contributed by atoms with van der Waals surface area (Å²) in [6, 6.07) is 12.5. The lowest BCUT2D eigenvalue weighted by molar-refractivity contribution is 0.274. The number of anilines is 1. The second kappa shape index (κ2) is 5.21. The lowest BCUT2D eigenvalue weighted by atomic mass is 10.0. The highest BCUT2D eigenvalue weighted by molar-refractivity contribution is 9.10. The predicted octanol–water partition coefficient (Wildman–Crippen LogP) is 4.09. The van der Waals surface area contributed by atoms with Crippen LogP contribution in [0.4, 0.5) is 5.69 Å². The normalized spacial score (nSPS) is 17.5. The zero-order chi connectivity index (χ0) is 13.2. The Bertz CT molecular complexity index is 600. The van der Waals surface area contributed by atoms with Gasteiger partial charge in [0.15, 0.2) is 0 Å². The van der Waals surface area contributed by atoms with Crippen LogP contribution in [0, 0.1) is 6.92 Å². The van der Waals surface area contributed by atoms with Gasteiger partial charge in [-0.3, -0.25) is 0 Å². The number of nitrogens with zero attached hydrogens (tertiary/aromatic N) is 1. The van der Waals surface area contributed by atoms with Crippen molar-refractivity contribution in [2.45, 2.75) is 19.4 Å². The maximum atomic E-state index is 5.68. The van der Waals surface area contributed by atoms with Gasteiger partial charge >= 0.3 is 0 Å². The molecule has 98 valence electrons. The van der Waals surface area contributed by atoms with Crippen LogP contribution >= 0.6 is 15.9 Å². The standard InChI is InChI=1S/C15H15BrN2O/c1-10-12(6-7-15(16)17-10)18-13-8-9-19-14-5-3-2-4-11(13)14/h2-7,13,18H,8-9H2,1H3. The van der Waals surface area contributed by atoms with Crippen LogP contribution in [-0.4, -0.2) is 11.6 Å². The Morgan fingerprint density at radius 3 is 2.95 bits per heavy atom. The smallest absolute Gasteiger partial charge is 0.124 e. The molecule has 0 bridgehead atoms. The van der Waals surface area contributed by atoms with Crippen LogP contribution in [0.2, 0.25) is 0 Å². The van der Waals surface area contributed by atoms with Gasteiger partial charge in [0.25, 0.3) is 0 Å². The van der Waals surface area contributed by atoms with Gasteiger partial charge in [0.2, 0.25) is 0 Å². The first kappa shape index (κ1) is 12.5. The minimum Gasteiger partial charge on any atom is -0.493 e. The van der Waals surface area contributed by atoms with Crippen LogP contribution in [0.15, 0.2) is 41.0 Å². The molecule has 1 unspecified atom stereocenters. The van der Waals surface area contributed by atoms with E-state index in [1.165, 1.54) is 5.56 Å². The molecule has 0 radical (unpaired) electrons. The molecule has 0 aliphatic carbocycles. The van der Waals surface area contributed by atoms with Gasteiger partial charge in [0, 0.05) is 12.0 Å². The van der Waals surface area contributed by atoms with Gasteiger partial charge < -0.3 is 10.1 Å². The van der Waals surface area contributed by atoms with Crippen molar-refractivity contribution >= 4 is 21.6 Å². The monoisotopic (exact) mass is 318 g/mol. The maximum Gasteiger partial charge on any atom is 0.124 e. The summed E-state index contributed by atoms with van der Waals surface area (Å²) in [5.41, 5.74) is 3.29. The minimum absolute atomic E-state index is 0.284. The summed E-state index contributed by atoms with van der Waals surface area (Å²) in [5.74, 6) is 0.981. The molecular weight excluding hydrogens is 304 g/mol. The first-order valence-electron chi connectivity index (χ1n) is 6.35. The van der Waals surface area contributed by atoms with Crippen molar-refractivity contribution in [3.05, 3.63) is 52.3 Å². The summed E-state index contributed by atoms with van der Waals surface area (Å²) in [7, 11) is 0. The van der Waals surface area contributed by atoms with Crippen LogP contribution in [0.3, 0.4) is 0 Å². The molecule has 0 saturated carbocycles. The average molecular weight is 319 g/mol. The number of aryl methyl sites for hydroxylation is 1. The molecule has 19 heavy (non-hydrogen) atoms. The van der Waals surface area contributed by atoms with Crippen LogP contribution in [0.1, 0.15) is 23.7 Å². The molecule has 2 heterocycles. The van der Waals surface area contributed by atoms with E-state index in [2.05, 4.69) is 44.4 Å². The number of benzene rings is 1. The molecule has 1 aliphatic heterocycles. The van der Waals surface area contributed by atoms with Crippen molar-refractivity contribution in [3.63, 3.8) is 0 Å². The van der Waals surface area contributed by atoms with E-state index in [4.69, 9.17) is 4.74 Å². The van der Waals surface area contributed by atoms with Gasteiger partial charge in [0.1, 0.15) is 10.4 Å². The molecule has 0 amide bonds. The van der Waals surface area contributed by atoms with E-state index in [-0.39, 0.29) is 6.04 Å². The third-order valence-electron chi connectivity index (χ3n) is 3.34. The molecule has 1 aliphatic rings. The van der Waals surface area contributed by atoms with Gasteiger partial charge in [-0.2, -0.15) is 0 Å². The van der Waals surface area contributed by atoms with Crippen LogP contribution < -0.4 is 10.1 Å². The largest absolute Gasteiger partial charge is 0.493 e. The molecule has 3 nitrogen and oxygen atoms in total. The van der Waals surface area contributed by atoms with Crippen LogP contribution in [0.5, 0.6) is 5.75 Å². The number of pyridine rings is 1. The number of nitrogens with one attached hydrogen (secondary N) is 1. The van der Waals surface area contributed by atoms with Crippen LogP contribution in [-0.2, 0) is 0 Å². The first-order chi connectivity index (χ1) is 9.24. The number of halogens is 1. The number of hydrogen-bond donors (Lipinski definition) is 1. The second-order valence-electron chi connectivity index (χ2n) is 4.64. The van der Waals surface area contributed by atoms with E-state index in [9.17, 15) is 0 Å². The average Bonchev–Trinajstić information content (AvgIpc) is 2.42. The lowest BCUT2D eigenvalue weighted by Gasteiger charge is -2.27. The van der Waals surface area contributed by atoms with Gasteiger partial charge in [0.05, 0.1) is 24.0 Å². The summed E-state index contributed by atoms with van der Waals surface area (Å²) in [5, 5.41) is 3.57. The Hall–Kier alpha value is -1.55. The number of aromatic nitrogens is 1. The summed E-state index contributed by atoms with van der Waals surface area (Å²) in [6.45, 7) is 2.76. The van der Waals surface area contributed by atoms with Crippen molar-refractivity contribution in [1.29, 1.82) is 0 Å². The molecule has 4 heteroatoms. The molecule has 0 fully saturated rings. The fourth-order valence-corrected chi connectivity index (χ4v) is 2.76. The molecule has 3 rings (SSSR count). The number of rotatable bonds is 2. The highest BCUT2D eigenvalue weighted by Crippen LogP contribution is 2.34. The molecule has 1 aromatic carbocycles. The van der Waals surface area contributed by atoms with E-state index in [0.717, 1.165) is 34.8 Å². The Balaban J connectivity index is 1.88. The number of hydrogen-bond acceptors (Lipinski definition) is 3. The van der Waals surface area contributed by atoms with E-state index in [0.29, 0.717) is 0 Å². The van der Waals surface area contributed by atoms with Crippen molar-refractivity contribution in [3.8, 4) is 5.75 Å². The number of fused-ring (bicyclic) bond motifs is 1. The van der Waals surface area contributed by atoms with Gasteiger partial charge in [-0.1, -0.05) is 18.2 Å². The topological polar surface area (TPSA) is 34.2 Å². The van der Waals surface area contributed by atoms with Crippen LogP contribution in [0.25, 0.3) is 0 Å². The zero-order valence-corrected chi connectivity index (χ0v) is 12.3. The summed E-state index contributed by atoms with van der Waals surface area (Å²) in [4.78, 5) is 4.42. The molecule has 1 N–H and O–H groups in total. The maximum absolute atomic E-state index is 5.68. The highest BCUT2D eigenvalue weighted by Gasteiger charge is 2.21. The quantitative estimate of drug-likeness (QED) is 0.847. The molecule has 2 aromatic rings. The van der Waals surface area contributed by atoms with Crippen molar-refractivity contribution in [2.75, 3.05) is 11.9 Å². The Kier molecular flexibility index (Phi) is 3.42. The fourth-order valence-electron chi connectivity index (χ4n) is 2.36. The first-order valence-corrected chi connectivity index (χ1v) is 7.15. The molecule has 0 spiro atoms. The summed E-state index contributed by atoms with van der Waals surface area (Å²) in [6.07, 6.45) is 0.965. The fraction of sp³-hybridized carbons (Fsp3) is 0.267. The third-order valence-corrected chi connectivity index (χ3v) is 3.78. The number of para-hydroxylation sites is 1. The number of ether oxygens (including phenoxy) is 1.